The molecule has 0 saturated carbocycles. The Kier molecular flexibility index (Phi) is 7.20. The zero-order valence-corrected chi connectivity index (χ0v) is 24.5. The number of aliphatic imine (C=N–C) groups is 1. The fraction of sp³-hybridized carbons (Fsp3) is 0.129. The number of aryl methyl sites for hydroxylation is 2. The van der Waals surface area contributed by atoms with Crippen LogP contribution >= 0.6 is 11.8 Å². The number of ether oxygens (including phenoxy) is 2. The highest BCUT2D eigenvalue weighted by molar-refractivity contribution is 8.19. The Bertz CT molecular complexity index is 2060. The molecule has 1 amide bonds. The van der Waals surface area contributed by atoms with Gasteiger partial charge in [0.1, 0.15) is 0 Å². The van der Waals surface area contributed by atoms with Crippen LogP contribution in [0.4, 0.5) is 11.4 Å². The number of aromatic nitrogens is 4. The highest BCUT2D eigenvalue weighted by atomic mass is 32.2. The van der Waals surface area contributed by atoms with E-state index < -0.39 is 11.2 Å². The SMILES string of the molecule is COc1cc(/C=C2\SC(=Nc3ccccc3)N(c3ccccc3)C2=O)ccc1Oc1nc2c(c(=O)n(C)c(=O)n2C)n1C. The second-order valence-corrected chi connectivity index (χ2v) is 10.7. The molecule has 43 heavy (non-hydrogen) atoms. The van der Waals surface area contributed by atoms with E-state index in [-0.39, 0.29) is 23.1 Å². The fourth-order valence-corrected chi connectivity index (χ4v) is 5.67. The number of imidazole rings is 1. The molecule has 0 bridgehead atoms. The minimum Gasteiger partial charge on any atom is -0.493 e. The summed E-state index contributed by atoms with van der Waals surface area (Å²) in [5.41, 5.74) is 1.63. The maximum absolute atomic E-state index is 13.6. The number of nitrogens with zero attached hydrogens (tertiary/aromatic N) is 6. The molecule has 3 aromatic carbocycles. The number of thioether (sulfide) groups is 1. The third-order valence-electron chi connectivity index (χ3n) is 6.92. The highest BCUT2D eigenvalue weighted by Crippen LogP contribution is 2.39. The Morgan fingerprint density at radius 3 is 2.23 bits per heavy atom. The molecule has 0 spiro atoms. The number of methoxy groups -OCH3 is 1. The quantitative estimate of drug-likeness (QED) is 0.265. The number of fused-ring (bicyclic) bond motifs is 1. The number of anilines is 1. The molecule has 2 aromatic heterocycles. The summed E-state index contributed by atoms with van der Waals surface area (Å²) in [6, 6.07) is 24.2. The molecule has 1 aliphatic rings. The van der Waals surface area contributed by atoms with Gasteiger partial charge in [0.2, 0.25) is 0 Å². The summed E-state index contributed by atoms with van der Waals surface area (Å²) in [5.74, 6) is 0.529. The van der Waals surface area contributed by atoms with Crippen molar-refractivity contribution < 1.29 is 14.3 Å². The van der Waals surface area contributed by atoms with Crippen LogP contribution < -0.4 is 25.6 Å². The van der Waals surface area contributed by atoms with Gasteiger partial charge in [-0.05, 0) is 59.8 Å². The zero-order valence-electron chi connectivity index (χ0n) is 23.7. The van der Waals surface area contributed by atoms with Gasteiger partial charge < -0.3 is 9.47 Å². The molecule has 0 N–H and O–H groups in total. The topological polar surface area (TPSA) is 113 Å². The second kappa shape index (κ2) is 11.1. The lowest BCUT2D eigenvalue weighted by atomic mass is 10.2. The molecule has 11 nitrogen and oxygen atoms in total. The molecule has 6 rings (SSSR count). The van der Waals surface area contributed by atoms with Crippen LogP contribution in [0.3, 0.4) is 0 Å². The van der Waals surface area contributed by atoms with Crippen LogP contribution in [0.25, 0.3) is 17.2 Å². The maximum Gasteiger partial charge on any atom is 0.332 e. The van der Waals surface area contributed by atoms with Crippen LogP contribution in [0.2, 0.25) is 0 Å². The Morgan fingerprint density at radius 2 is 1.53 bits per heavy atom. The highest BCUT2D eigenvalue weighted by Gasteiger charge is 2.34. The smallest absolute Gasteiger partial charge is 0.332 e. The van der Waals surface area contributed by atoms with Gasteiger partial charge >= 0.3 is 11.7 Å². The van der Waals surface area contributed by atoms with Crippen LogP contribution in [0.15, 0.2) is 98.3 Å². The van der Waals surface area contributed by atoms with E-state index in [1.54, 1.807) is 43.3 Å². The van der Waals surface area contributed by atoms with Crippen LogP contribution in [0.1, 0.15) is 5.56 Å². The van der Waals surface area contributed by atoms with Gasteiger partial charge in [-0.2, -0.15) is 4.98 Å². The number of carbonyl (C=O) groups excluding carboxylic acids is 1. The van der Waals surface area contributed by atoms with E-state index in [0.717, 1.165) is 10.3 Å². The number of para-hydroxylation sites is 2. The minimum absolute atomic E-state index is 0.111. The number of hydrogen-bond donors (Lipinski definition) is 0. The van der Waals surface area contributed by atoms with Crippen molar-refractivity contribution in [3.05, 3.63) is 110 Å². The van der Waals surface area contributed by atoms with Crippen molar-refractivity contribution in [1.82, 2.24) is 18.7 Å². The van der Waals surface area contributed by atoms with Gasteiger partial charge in [0, 0.05) is 21.1 Å². The Hall–Kier alpha value is -5.36. The van der Waals surface area contributed by atoms with Gasteiger partial charge in [0.05, 0.1) is 23.4 Å². The van der Waals surface area contributed by atoms with E-state index in [4.69, 9.17) is 14.5 Å². The molecule has 0 radical (unpaired) electrons. The van der Waals surface area contributed by atoms with Crippen molar-refractivity contribution >= 4 is 51.5 Å². The van der Waals surface area contributed by atoms with Crippen molar-refractivity contribution in [3.8, 4) is 17.5 Å². The number of carbonyl (C=O) groups is 1. The van der Waals surface area contributed by atoms with Crippen molar-refractivity contribution in [3.63, 3.8) is 0 Å². The first-order chi connectivity index (χ1) is 20.8. The lowest BCUT2D eigenvalue weighted by Crippen LogP contribution is -2.37. The predicted octanol–water partition coefficient (Wildman–Crippen LogP) is 4.58. The average Bonchev–Trinajstić information content (AvgIpc) is 3.51. The molecule has 5 aromatic rings. The summed E-state index contributed by atoms with van der Waals surface area (Å²) < 4.78 is 15.5. The molecule has 0 aliphatic carbocycles. The van der Waals surface area contributed by atoms with Crippen LogP contribution in [-0.2, 0) is 25.9 Å². The summed E-state index contributed by atoms with van der Waals surface area (Å²) in [4.78, 5) is 50.0. The molecule has 0 atom stereocenters. The first kappa shape index (κ1) is 27.8. The molecule has 1 saturated heterocycles. The number of hydrogen-bond acceptors (Lipinski definition) is 8. The molecule has 12 heteroatoms. The van der Waals surface area contributed by atoms with Crippen LogP contribution in [0.5, 0.6) is 17.5 Å². The molecule has 1 aliphatic heterocycles. The van der Waals surface area contributed by atoms with Crippen molar-refractivity contribution in [2.45, 2.75) is 0 Å². The number of amidine groups is 1. The number of rotatable bonds is 6. The third-order valence-corrected chi connectivity index (χ3v) is 7.89. The Morgan fingerprint density at radius 1 is 0.837 bits per heavy atom. The minimum atomic E-state index is -0.487. The van der Waals surface area contributed by atoms with E-state index in [1.165, 1.54) is 35.1 Å². The monoisotopic (exact) mass is 594 g/mol. The van der Waals surface area contributed by atoms with Crippen LogP contribution in [-0.4, -0.2) is 36.9 Å². The standard InChI is InChI=1S/C31H26N6O5S/c1-34-25-26(35(2)31(40)36(3)28(25)39)33-29(34)42-22-16-15-19(17-23(22)41-4)18-24-27(38)37(21-13-9-6-10-14-21)30(43-24)32-20-11-7-5-8-12-20/h5-18H,1-4H3/b24-18-,32-30?. The van der Waals surface area contributed by atoms with Crippen molar-refractivity contribution in [2.75, 3.05) is 12.0 Å². The molecular weight excluding hydrogens is 568 g/mol. The molecule has 0 unspecified atom stereocenters. The number of amides is 1. The van der Waals surface area contributed by atoms with E-state index >= 15 is 0 Å². The largest absolute Gasteiger partial charge is 0.493 e. The maximum atomic E-state index is 13.6. The normalized spacial score (nSPS) is 15.2. The summed E-state index contributed by atoms with van der Waals surface area (Å²) in [7, 11) is 6.10. The fourth-order valence-electron chi connectivity index (χ4n) is 4.66. The first-order valence-corrected chi connectivity index (χ1v) is 14.0. The molecular formula is C31H26N6O5S. The van der Waals surface area contributed by atoms with E-state index in [9.17, 15) is 14.4 Å². The van der Waals surface area contributed by atoms with E-state index in [0.29, 0.717) is 32.8 Å². The number of benzene rings is 3. The van der Waals surface area contributed by atoms with Gasteiger partial charge in [-0.1, -0.05) is 42.5 Å². The second-order valence-electron chi connectivity index (χ2n) is 9.66. The predicted molar refractivity (Wildman–Crippen MR) is 167 cm³/mol. The van der Waals surface area contributed by atoms with E-state index in [1.807, 2.05) is 60.7 Å². The van der Waals surface area contributed by atoms with Gasteiger partial charge in [0.25, 0.3) is 11.5 Å². The van der Waals surface area contributed by atoms with E-state index in [2.05, 4.69) is 4.98 Å². The average molecular weight is 595 g/mol. The van der Waals surface area contributed by atoms with Gasteiger partial charge in [-0.25, -0.2) is 9.79 Å². The third kappa shape index (κ3) is 5.01. The lowest BCUT2D eigenvalue weighted by Gasteiger charge is -2.15. The van der Waals surface area contributed by atoms with Crippen molar-refractivity contribution in [1.29, 1.82) is 0 Å². The van der Waals surface area contributed by atoms with Gasteiger partial charge in [0.15, 0.2) is 27.8 Å². The lowest BCUT2D eigenvalue weighted by molar-refractivity contribution is -0.113. The first-order valence-electron chi connectivity index (χ1n) is 13.2. The molecule has 216 valence electrons. The Labute approximate surface area is 249 Å². The van der Waals surface area contributed by atoms with Gasteiger partial charge in [-0.3, -0.25) is 28.2 Å². The van der Waals surface area contributed by atoms with Crippen molar-refractivity contribution in [2.24, 2.45) is 26.1 Å². The Balaban J connectivity index is 1.35. The molecule has 3 heterocycles. The molecule has 1 fully saturated rings. The van der Waals surface area contributed by atoms with Crippen LogP contribution in [0, 0.1) is 0 Å². The summed E-state index contributed by atoms with van der Waals surface area (Å²) in [6.45, 7) is 0. The summed E-state index contributed by atoms with van der Waals surface area (Å²) in [5, 5.41) is 0.544. The summed E-state index contributed by atoms with van der Waals surface area (Å²) >= 11 is 1.28. The summed E-state index contributed by atoms with van der Waals surface area (Å²) in [6.07, 6.45) is 1.78. The van der Waals surface area contributed by atoms with Gasteiger partial charge in [-0.15, -0.1) is 0 Å². The zero-order chi connectivity index (χ0) is 30.2.